The number of aromatic hydroxyl groups is 2. The van der Waals surface area contributed by atoms with Crippen molar-refractivity contribution >= 4 is 28.4 Å². The first-order valence-electron chi connectivity index (χ1n) is 9.01. The second kappa shape index (κ2) is 6.52. The van der Waals surface area contributed by atoms with Crippen LogP contribution in [0.1, 0.15) is 21.6 Å². The highest BCUT2D eigenvalue weighted by atomic mass is 35.5. The minimum atomic E-state index is -0.205. The summed E-state index contributed by atoms with van der Waals surface area (Å²) in [5, 5.41) is 35.1. The van der Waals surface area contributed by atoms with Crippen molar-refractivity contribution in [3.05, 3.63) is 58.4 Å². The number of halogens is 1. The van der Waals surface area contributed by atoms with Gasteiger partial charge in [0.2, 0.25) is 0 Å². The summed E-state index contributed by atoms with van der Waals surface area (Å²) in [4.78, 5) is 14.8. The van der Waals surface area contributed by atoms with Crippen LogP contribution in [-0.4, -0.2) is 48.0 Å². The lowest BCUT2D eigenvalue weighted by Crippen LogP contribution is -2.35. The van der Waals surface area contributed by atoms with Crippen molar-refractivity contribution in [2.75, 3.05) is 6.54 Å². The first-order chi connectivity index (χ1) is 14.0. The Morgan fingerprint density at radius 1 is 1.14 bits per heavy atom. The van der Waals surface area contributed by atoms with Crippen LogP contribution < -0.4 is 0 Å². The minimum absolute atomic E-state index is 0.0844. The number of nitrogens with zero attached hydrogens (tertiary/aromatic N) is 3. The fourth-order valence-corrected chi connectivity index (χ4v) is 3.85. The molecule has 2 aromatic carbocycles. The smallest absolute Gasteiger partial charge is 0.254 e. The quantitative estimate of drug-likeness (QED) is 0.405. The van der Waals surface area contributed by atoms with Crippen molar-refractivity contribution in [3.8, 4) is 22.8 Å². The Morgan fingerprint density at radius 2 is 2.00 bits per heavy atom. The predicted octanol–water partition coefficient (Wildman–Crippen LogP) is 3.22. The zero-order chi connectivity index (χ0) is 20.1. The van der Waals surface area contributed by atoms with E-state index in [1.807, 2.05) is 12.1 Å². The molecule has 0 fully saturated rings. The number of fused-ring (bicyclic) bond motifs is 2. The fraction of sp³-hybridized carbons (Fsp3) is 0.150. The molecular weight excluding hydrogens is 394 g/mol. The van der Waals surface area contributed by atoms with E-state index >= 15 is 0 Å². The van der Waals surface area contributed by atoms with Crippen LogP contribution >= 0.6 is 11.6 Å². The molecule has 1 aliphatic rings. The van der Waals surface area contributed by atoms with E-state index in [0.29, 0.717) is 36.3 Å². The van der Waals surface area contributed by atoms with Gasteiger partial charge in [-0.25, -0.2) is 0 Å². The highest BCUT2D eigenvalue weighted by Crippen LogP contribution is 2.39. The van der Waals surface area contributed by atoms with E-state index in [2.05, 4.69) is 20.4 Å². The molecule has 1 aliphatic heterocycles. The molecule has 4 N–H and O–H groups in total. The number of phenols is 2. The molecule has 0 aliphatic carbocycles. The maximum absolute atomic E-state index is 13.1. The standard InChI is InChI=1S/C20H16ClN5O3/c21-14-6-12(17(27)7-18(14)28)19-13-9-26(4-3-16(13)24-25-19)20(29)10-1-2-15-11(5-10)8-22-23-15/h1-2,5-8,27-28H,3-4,9H2,(H,22,23)(H,24,25). The summed E-state index contributed by atoms with van der Waals surface area (Å²) in [7, 11) is 0. The lowest BCUT2D eigenvalue weighted by Gasteiger charge is -2.27. The van der Waals surface area contributed by atoms with Crippen LogP contribution in [0.5, 0.6) is 11.5 Å². The van der Waals surface area contributed by atoms with Gasteiger partial charge in [-0.1, -0.05) is 11.6 Å². The fourth-order valence-electron chi connectivity index (χ4n) is 3.69. The first kappa shape index (κ1) is 17.6. The molecule has 2 aromatic heterocycles. The molecule has 0 atom stereocenters. The Labute approximate surface area is 169 Å². The van der Waals surface area contributed by atoms with E-state index in [1.54, 1.807) is 17.2 Å². The van der Waals surface area contributed by atoms with E-state index in [-0.39, 0.29) is 22.4 Å². The van der Waals surface area contributed by atoms with Gasteiger partial charge in [0.05, 0.1) is 16.7 Å². The Balaban J connectivity index is 1.48. The molecule has 29 heavy (non-hydrogen) atoms. The van der Waals surface area contributed by atoms with Gasteiger partial charge in [-0.3, -0.25) is 15.0 Å². The van der Waals surface area contributed by atoms with Crippen molar-refractivity contribution in [1.29, 1.82) is 0 Å². The summed E-state index contributed by atoms with van der Waals surface area (Å²) in [5.41, 5.74) is 4.12. The van der Waals surface area contributed by atoms with E-state index in [4.69, 9.17) is 11.6 Å². The molecule has 8 nitrogen and oxygen atoms in total. The maximum atomic E-state index is 13.1. The number of carbonyl (C=O) groups is 1. The van der Waals surface area contributed by atoms with Crippen LogP contribution in [0.2, 0.25) is 5.02 Å². The third-order valence-electron chi connectivity index (χ3n) is 5.23. The molecule has 4 aromatic rings. The Hall–Kier alpha value is -3.52. The van der Waals surface area contributed by atoms with Gasteiger partial charge in [-0.15, -0.1) is 0 Å². The Kier molecular flexibility index (Phi) is 3.95. The van der Waals surface area contributed by atoms with Gasteiger partial charge in [-0.05, 0) is 24.3 Å². The van der Waals surface area contributed by atoms with Gasteiger partial charge in [-0.2, -0.15) is 10.2 Å². The number of nitrogens with one attached hydrogen (secondary N) is 2. The van der Waals surface area contributed by atoms with Crippen molar-refractivity contribution in [3.63, 3.8) is 0 Å². The summed E-state index contributed by atoms with van der Waals surface area (Å²) < 4.78 is 0. The zero-order valence-corrected chi connectivity index (χ0v) is 15.9. The van der Waals surface area contributed by atoms with Crippen LogP contribution in [0, 0.1) is 0 Å². The molecule has 0 radical (unpaired) electrons. The maximum Gasteiger partial charge on any atom is 0.254 e. The third kappa shape index (κ3) is 2.89. The molecule has 0 saturated carbocycles. The van der Waals surface area contributed by atoms with E-state index in [1.165, 1.54) is 12.1 Å². The second-order valence-corrected chi connectivity index (χ2v) is 7.41. The predicted molar refractivity (Wildman–Crippen MR) is 107 cm³/mol. The lowest BCUT2D eigenvalue weighted by molar-refractivity contribution is 0.0735. The average Bonchev–Trinajstić information content (AvgIpc) is 3.36. The summed E-state index contributed by atoms with van der Waals surface area (Å²) in [6, 6.07) is 8.09. The molecule has 0 saturated heterocycles. The van der Waals surface area contributed by atoms with Gasteiger partial charge < -0.3 is 15.1 Å². The number of benzene rings is 2. The van der Waals surface area contributed by atoms with Gasteiger partial charge in [0.25, 0.3) is 5.91 Å². The van der Waals surface area contributed by atoms with Crippen molar-refractivity contribution in [2.24, 2.45) is 0 Å². The monoisotopic (exact) mass is 409 g/mol. The number of amides is 1. The number of carbonyl (C=O) groups excluding carboxylic acids is 1. The number of hydrogen-bond donors (Lipinski definition) is 4. The Morgan fingerprint density at radius 3 is 2.86 bits per heavy atom. The topological polar surface area (TPSA) is 118 Å². The van der Waals surface area contributed by atoms with E-state index < -0.39 is 0 Å². The molecular formula is C20H16ClN5O3. The number of rotatable bonds is 2. The Bertz CT molecular complexity index is 1260. The second-order valence-electron chi connectivity index (χ2n) is 7.00. The average molecular weight is 410 g/mol. The molecule has 0 bridgehead atoms. The summed E-state index contributed by atoms with van der Waals surface area (Å²) in [6.07, 6.45) is 2.31. The largest absolute Gasteiger partial charge is 0.507 e. The number of aromatic nitrogens is 4. The number of H-pyrrole nitrogens is 2. The normalized spacial score (nSPS) is 13.6. The molecule has 1 amide bonds. The van der Waals surface area contributed by atoms with Crippen molar-refractivity contribution in [1.82, 2.24) is 25.3 Å². The van der Waals surface area contributed by atoms with Crippen LogP contribution in [-0.2, 0) is 13.0 Å². The van der Waals surface area contributed by atoms with Crippen LogP contribution in [0.15, 0.2) is 36.5 Å². The number of phenolic OH excluding ortho intramolecular Hbond substituents is 2. The number of hydrogen-bond acceptors (Lipinski definition) is 5. The minimum Gasteiger partial charge on any atom is -0.507 e. The molecule has 9 heteroatoms. The molecule has 146 valence electrons. The van der Waals surface area contributed by atoms with Crippen molar-refractivity contribution in [2.45, 2.75) is 13.0 Å². The van der Waals surface area contributed by atoms with Crippen LogP contribution in [0.4, 0.5) is 0 Å². The molecule has 0 unspecified atom stereocenters. The SMILES string of the molecule is O=C(c1ccc2[nH]ncc2c1)N1CCc2[nH]nc(-c3cc(Cl)c(O)cc3O)c2C1. The summed E-state index contributed by atoms with van der Waals surface area (Å²) in [5.74, 6) is -0.419. The zero-order valence-electron chi connectivity index (χ0n) is 15.1. The lowest BCUT2D eigenvalue weighted by atomic mass is 9.99. The van der Waals surface area contributed by atoms with Gasteiger partial charge >= 0.3 is 0 Å². The van der Waals surface area contributed by atoms with Gasteiger partial charge in [0.15, 0.2) is 0 Å². The van der Waals surface area contributed by atoms with Crippen molar-refractivity contribution < 1.29 is 15.0 Å². The van der Waals surface area contributed by atoms with Crippen LogP contribution in [0.3, 0.4) is 0 Å². The van der Waals surface area contributed by atoms with E-state index in [0.717, 1.165) is 22.2 Å². The van der Waals surface area contributed by atoms with Gasteiger partial charge in [0, 0.05) is 53.3 Å². The van der Waals surface area contributed by atoms with Gasteiger partial charge in [0.1, 0.15) is 17.2 Å². The highest BCUT2D eigenvalue weighted by molar-refractivity contribution is 6.32. The first-order valence-corrected chi connectivity index (χ1v) is 9.39. The summed E-state index contributed by atoms with van der Waals surface area (Å²) >= 11 is 6.01. The van der Waals surface area contributed by atoms with Crippen LogP contribution in [0.25, 0.3) is 22.2 Å². The molecule has 0 spiro atoms. The summed E-state index contributed by atoms with van der Waals surface area (Å²) in [6.45, 7) is 0.903. The molecule has 5 rings (SSSR count). The number of aromatic amines is 2. The molecule has 3 heterocycles. The highest BCUT2D eigenvalue weighted by Gasteiger charge is 2.27. The third-order valence-corrected chi connectivity index (χ3v) is 5.53. The van der Waals surface area contributed by atoms with E-state index in [9.17, 15) is 15.0 Å².